The first-order valence-corrected chi connectivity index (χ1v) is 4.48. The van der Waals surface area contributed by atoms with Gasteiger partial charge in [0.05, 0.1) is 19.3 Å². The molecule has 14 heavy (non-hydrogen) atoms. The summed E-state index contributed by atoms with van der Waals surface area (Å²) in [5.41, 5.74) is 0. The van der Waals surface area contributed by atoms with Gasteiger partial charge in [-0.1, -0.05) is 5.21 Å². The van der Waals surface area contributed by atoms with E-state index in [1.807, 2.05) is 0 Å². The minimum atomic E-state index is -0.215. The zero-order valence-electron chi connectivity index (χ0n) is 7.88. The van der Waals surface area contributed by atoms with E-state index in [-0.39, 0.29) is 18.1 Å². The number of nitrogens with zero attached hydrogens (tertiary/aromatic N) is 3. The second-order valence-corrected chi connectivity index (χ2v) is 3.26. The van der Waals surface area contributed by atoms with E-state index in [4.69, 9.17) is 0 Å². The molecule has 1 saturated heterocycles. The van der Waals surface area contributed by atoms with Gasteiger partial charge in [-0.05, 0) is 6.42 Å². The van der Waals surface area contributed by atoms with Crippen molar-refractivity contribution in [2.45, 2.75) is 18.5 Å². The number of rotatable bonds is 2. The highest BCUT2D eigenvalue weighted by Gasteiger charge is 2.31. The minimum Gasteiger partial charge on any atom is -0.468 e. The molecule has 1 N–H and O–H groups in total. The standard InChI is InChI=1S/C8H12N4O2/c1-14-8(13)7-4-6(5-9-7)12-3-2-10-11-12/h2-3,6-7,9H,4-5H2,1H3/t6-,7-/m0/s1. The van der Waals surface area contributed by atoms with Crippen LogP contribution < -0.4 is 5.32 Å². The van der Waals surface area contributed by atoms with Crippen molar-refractivity contribution in [1.82, 2.24) is 20.3 Å². The van der Waals surface area contributed by atoms with Gasteiger partial charge in [0, 0.05) is 12.7 Å². The zero-order chi connectivity index (χ0) is 9.97. The third-order valence-electron chi connectivity index (χ3n) is 2.41. The van der Waals surface area contributed by atoms with Crippen LogP contribution in [0.3, 0.4) is 0 Å². The van der Waals surface area contributed by atoms with Gasteiger partial charge in [-0.2, -0.15) is 0 Å². The number of hydrogen-bond acceptors (Lipinski definition) is 5. The Morgan fingerprint density at radius 1 is 1.71 bits per heavy atom. The largest absolute Gasteiger partial charge is 0.468 e. The van der Waals surface area contributed by atoms with Crippen LogP contribution in [0.5, 0.6) is 0 Å². The average molecular weight is 196 g/mol. The first-order chi connectivity index (χ1) is 6.81. The molecule has 1 aromatic rings. The number of carbonyl (C=O) groups excluding carboxylic acids is 1. The van der Waals surface area contributed by atoms with Crippen LogP contribution in [0.15, 0.2) is 12.4 Å². The summed E-state index contributed by atoms with van der Waals surface area (Å²) in [4.78, 5) is 11.2. The smallest absolute Gasteiger partial charge is 0.322 e. The summed E-state index contributed by atoms with van der Waals surface area (Å²) in [7, 11) is 1.40. The molecule has 2 atom stereocenters. The van der Waals surface area contributed by atoms with E-state index in [1.165, 1.54) is 7.11 Å². The SMILES string of the molecule is COC(=O)[C@@H]1C[C@H](n2ccnn2)CN1. The Balaban J connectivity index is 1.98. The maximum Gasteiger partial charge on any atom is 0.322 e. The highest BCUT2D eigenvalue weighted by molar-refractivity contribution is 5.76. The number of aromatic nitrogens is 3. The van der Waals surface area contributed by atoms with Gasteiger partial charge in [-0.3, -0.25) is 4.79 Å². The topological polar surface area (TPSA) is 69.0 Å². The van der Waals surface area contributed by atoms with Crippen molar-refractivity contribution in [3.63, 3.8) is 0 Å². The molecule has 0 radical (unpaired) electrons. The van der Waals surface area contributed by atoms with Crippen LogP contribution in [0.25, 0.3) is 0 Å². The van der Waals surface area contributed by atoms with Gasteiger partial charge in [0.25, 0.3) is 0 Å². The summed E-state index contributed by atoms with van der Waals surface area (Å²) in [6, 6.07) is -0.0178. The Bertz CT molecular complexity index is 311. The van der Waals surface area contributed by atoms with Crippen molar-refractivity contribution < 1.29 is 9.53 Å². The minimum absolute atomic E-state index is 0.196. The van der Waals surface area contributed by atoms with E-state index >= 15 is 0 Å². The third kappa shape index (κ3) is 1.60. The van der Waals surface area contributed by atoms with Crippen molar-refractivity contribution >= 4 is 5.97 Å². The molecule has 6 nitrogen and oxygen atoms in total. The molecule has 1 fully saturated rings. The number of esters is 1. The van der Waals surface area contributed by atoms with Gasteiger partial charge in [0.1, 0.15) is 6.04 Å². The van der Waals surface area contributed by atoms with Crippen molar-refractivity contribution in [3.05, 3.63) is 12.4 Å². The summed E-state index contributed by atoms with van der Waals surface area (Å²) in [5, 5.41) is 10.7. The third-order valence-corrected chi connectivity index (χ3v) is 2.41. The van der Waals surface area contributed by atoms with Gasteiger partial charge >= 0.3 is 5.97 Å². The summed E-state index contributed by atoms with van der Waals surface area (Å²) in [6.45, 7) is 0.725. The fourth-order valence-corrected chi connectivity index (χ4v) is 1.65. The molecule has 6 heteroatoms. The first kappa shape index (κ1) is 9.14. The molecule has 0 saturated carbocycles. The number of hydrogen-bond donors (Lipinski definition) is 1. The van der Waals surface area contributed by atoms with Crippen molar-refractivity contribution in [2.24, 2.45) is 0 Å². The number of ether oxygens (including phenoxy) is 1. The Morgan fingerprint density at radius 3 is 3.21 bits per heavy atom. The van der Waals surface area contributed by atoms with E-state index in [2.05, 4.69) is 20.4 Å². The molecular formula is C8H12N4O2. The molecule has 2 rings (SSSR count). The van der Waals surface area contributed by atoms with Crippen LogP contribution in [0.2, 0.25) is 0 Å². The van der Waals surface area contributed by atoms with Crippen LogP contribution in [0.4, 0.5) is 0 Å². The Morgan fingerprint density at radius 2 is 2.57 bits per heavy atom. The summed E-state index contributed by atoms with van der Waals surface area (Å²) >= 11 is 0. The molecule has 1 aliphatic heterocycles. The number of carbonyl (C=O) groups is 1. The monoisotopic (exact) mass is 196 g/mol. The maximum absolute atomic E-state index is 11.2. The Hall–Kier alpha value is -1.43. The van der Waals surface area contributed by atoms with E-state index in [0.717, 1.165) is 6.54 Å². The normalized spacial score (nSPS) is 26.4. The second-order valence-electron chi connectivity index (χ2n) is 3.26. The number of nitrogens with one attached hydrogen (secondary N) is 1. The van der Waals surface area contributed by atoms with Gasteiger partial charge in [-0.25, -0.2) is 4.68 Å². The molecule has 0 unspecified atom stereocenters. The summed E-state index contributed by atoms with van der Waals surface area (Å²) in [5.74, 6) is -0.215. The lowest BCUT2D eigenvalue weighted by Gasteiger charge is -2.08. The van der Waals surface area contributed by atoms with E-state index < -0.39 is 0 Å². The molecule has 0 aliphatic carbocycles. The van der Waals surface area contributed by atoms with Gasteiger partial charge < -0.3 is 10.1 Å². The molecule has 1 aliphatic rings. The summed E-state index contributed by atoms with van der Waals surface area (Å²) < 4.78 is 6.41. The average Bonchev–Trinajstić information content (AvgIpc) is 2.86. The molecule has 0 amide bonds. The zero-order valence-corrected chi connectivity index (χ0v) is 7.88. The van der Waals surface area contributed by atoms with Crippen molar-refractivity contribution in [1.29, 1.82) is 0 Å². The molecular weight excluding hydrogens is 184 g/mol. The van der Waals surface area contributed by atoms with E-state index in [0.29, 0.717) is 6.42 Å². The quantitative estimate of drug-likeness (QED) is 0.637. The van der Waals surface area contributed by atoms with Crippen LogP contribution in [0.1, 0.15) is 12.5 Å². The fraction of sp³-hybridized carbons (Fsp3) is 0.625. The summed E-state index contributed by atoms with van der Waals surface area (Å²) in [6.07, 6.45) is 4.13. The van der Waals surface area contributed by atoms with Crippen molar-refractivity contribution in [2.75, 3.05) is 13.7 Å². The van der Waals surface area contributed by atoms with E-state index in [9.17, 15) is 4.79 Å². The van der Waals surface area contributed by atoms with Gasteiger partial charge in [0.15, 0.2) is 0 Å². The van der Waals surface area contributed by atoms with Crippen LogP contribution in [-0.4, -0.2) is 40.7 Å². The van der Waals surface area contributed by atoms with Gasteiger partial charge in [-0.15, -0.1) is 5.10 Å². The highest BCUT2D eigenvalue weighted by Crippen LogP contribution is 2.18. The van der Waals surface area contributed by atoms with Crippen LogP contribution in [-0.2, 0) is 9.53 Å². The Labute approximate surface area is 81.2 Å². The van der Waals surface area contributed by atoms with Gasteiger partial charge in [0.2, 0.25) is 0 Å². The molecule has 76 valence electrons. The lowest BCUT2D eigenvalue weighted by atomic mass is 10.2. The molecule has 2 heterocycles. The molecule has 0 spiro atoms. The maximum atomic E-state index is 11.2. The predicted molar refractivity (Wildman–Crippen MR) is 47.5 cm³/mol. The fourth-order valence-electron chi connectivity index (χ4n) is 1.65. The van der Waals surface area contributed by atoms with Crippen LogP contribution in [0, 0.1) is 0 Å². The lowest BCUT2D eigenvalue weighted by Crippen LogP contribution is -2.31. The molecule has 0 bridgehead atoms. The molecule has 1 aromatic heterocycles. The first-order valence-electron chi connectivity index (χ1n) is 4.48. The lowest BCUT2D eigenvalue weighted by molar-refractivity contribution is -0.142. The Kier molecular flexibility index (Phi) is 2.45. The number of methoxy groups -OCH3 is 1. The van der Waals surface area contributed by atoms with E-state index in [1.54, 1.807) is 17.1 Å². The van der Waals surface area contributed by atoms with Crippen molar-refractivity contribution in [3.8, 4) is 0 Å². The second kappa shape index (κ2) is 3.75. The molecule has 0 aromatic carbocycles. The van der Waals surface area contributed by atoms with Crippen LogP contribution >= 0.6 is 0 Å². The predicted octanol–water partition coefficient (Wildman–Crippen LogP) is -0.646. The highest BCUT2D eigenvalue weighted by atomic mass is 16.5.